The fourth-order valence-electron chi connectivity index (χ4n) is 7.07. The van der Waals surface area contributed by atoms with Gasteiger partial charge < -0.3 is 74.8 Å². The molecule has 2 aromatic rings. The number of nitrogens with two attached hydrogens (primary N) is 3. The monoisotopic (exact) mass is 1040 g/mol. The van der Waals surface area contributed by atoms with E-state index in [0.717, 1.165) is 0 Å². The Labute approximate surface area is 426 Å². The van der Waals surface area contributed by atoms with Gasteiger partial charge in [-0.05, 0) is 72.9 Å². The molecule has 9 amide bonds. The third-order valence-electron chi connectivity index (χ3n) is 10.8. The summed E-state index contributed by atoms with van der Waals surface area (Å²) < 4.78 is 0. The van der Waals surface area contributed by atoms with Crippen molar-refractivity contribution in [2.45, 2.75) is 134 Å². The van der Waals surface area contributed by atoms with Crippen molar-refractivity contribution < 1.29 is 73.2 Å². The fraction of sp³-hybridized carbons (Fsp3) is 0.511. The summed E-state index contributed by atoms with van der Waals surface area (Å²) in [5.41, 5.74) is 17.8. The first-order valence-electron chi connectivity index (χ1n) is 23.2. The Morgan fingerprint density at radius 2 is 0.836 bits per heavy atom. The molecule has 0 aromatic heterocycles. The average molecular weight is 1050 g/mol. The molecule has 0 spiro atoms. The van der Waals surface area contributed by atoms with Crippen molar-refractivity contribution >= 4 is 77.7 Å². The number of carboxylic acids is 2. The number of carbonyl (C=O) groups excluding carboxylic acids is 9. The van der Waals surface area contributed by atoms with Gasteiger partial charge in [-0.3, -0.25) is 47.9 Å². The van der Waals surface area contributed by atoms with Crippen molar-refractivity contribution in [1.82, 2.24) is 37.2 Å². The highest BCUT2D eigenvalue weighted by Crippen LogP contribution is 2.15. The molecule has 2 aromatic carbocycles. The van der Waals surface area contributed by atoms with Gasteiger partial charge >= 0.3 is 11.9 Å². The number of aliphatic carboxylic acids is 2. The van der Waals surface area contributed by atoms with E-state index in [-0.39, 0.29) is 54.8 Å². The van der Waals surface area contributed by atoms with Gasteiger partial charge in [0.1, 0.15) is 53.8 Å². The second-order valence-electron chi connectivity index (χ2n) is 18.2. The van der Waals surface area contributed by atoms with Crippen molar-refractivity contribution in [3.63, 3.8) is 0 Å². The minimum atomic E-state index is -1.88. The number of hydrogen-bond donors (Lipinski definition) is 15. The van der Waals surface area contributed by atoms with Crippen LogP contribution in [0.15, 0.2) is 48.5 Å². The predicted octanol–water partition coefficient (Wildman–Crippen LogP) is -2.28. The quantitative estimate of drug-likeness (QED) is 0.0343. The Morgan fingerprint density at radius 3 is 1.23 bits per heavy atom. The van der Waals surface area contributed by atoms with Crippen molar-refractivity contribution in [2.24, 2.45) is 29.0 Å². The van der Waals surface area contributed by atoms with Gasteiger partial charge in [0.15, 0.2) is 0 Å². The SMILES string of the molecule is CC(C)C[C@H](NC(=O)[C@H](CCC(N)=O)NC(=O)[C@H](Cc1ccc(O)cc1)NC(=O)[C@@H](N)CC(C)C)C(=O)N[C@@H](CCC(=O)O)C(=O)N[C@@H](CC(N)=O)C(=O)N[C@@H](Cc1ccc(O)cc1)C(=O)N[C@@H](CS)C(=O)O. The van der Waals surface area contributed by atoms with Crippen LogP contribution in [0.25, 0.3) is 0 Å². The second-order valence-corrected chi connectivity index (χ2v) is 18.5. The molecule has 73 heavy (non-hydrogen) atoms. The summed E-state index contributed by atoms with van der Waals surface area (Å²) in [6, 6.07) is -1.08. The highest BCUT2D eigenvalue weighted by Gasteiger charge is 2.35. The summed E-state index contributed by atoms with van der Waals surface area (Å²) in [5, 5.41) is 55.4. The molecule has 17 N–H and O–H groups in total. The van der Waals surface area contributed by atoms with E-state index in [9.17, 15) is 73.2 Å². The number of primary amides is 2. The summed E-state index contributed by atoms with van der Waals surface area (Å²) in [7, 11) is 0. The number of hydrogen-bond acceptors (Lipinski definition) is 15. The summed E-state index contributed by atoms with van der Waals surface area (Å²) in [6.07, 6.45) is -3.37. The van der Waals surface area contributed by atoms with Crippen LogP contribution in [0.3, 0.4) is 0 Å². The number of aromatic hydroxyl groups is 2. The molecule has 0 fully saturated rings. The lowest BCUT2D eigenvalue weighted by molar-refractivity contribution is -0.142. The zero-order chi connectivity index (χ0) is 55.1. The minimum Gasteiger partial charge on any atom is -0.508 e. The van der Waals surface area contributed by atoms with Gasteiger partial charge in [-0.25, -0.2) is 4.79 Å². The third-order valence-corrected chi connectivity index (χ3v) is 11.2. The number of rotatable bonds is 32. The number of carbonyl (C=O) groups is 11. The Bertz CT molecular complexity index is 2270. The van der Waals surface area contributed by atoms with Crippen LogP contribution in [0.4, 0.5) is 0 Å². The summed E-state index contributed by atoms with van der Waals surface area (Å²) in [5.74, 6) is -12.8. The van der Waals surface area contributed by atoms with Crippen LogP contribution in [0.2, 0.25) is 0 Å². The van der Waals surface area contributed by atoms with Crippen molar-refractivity contribution in [1.29, 1.82) is 0 Å². The third kappa shape index (κ3) is 23.1. The highest BCUT2D eigenvalue weighted by atomic mass is 32.1. The van der Waals surface area contributed by atoms with E-state index in [2.05, 4.69) is 49.8 Å². The molecule has 0 bridgehead atoms. The highest BCUT2D eigenvalue weighted by molar-refractivity contribution is 7.80. The van der Waals surface area contributed by atoms with E-state index in [1.807, 2.05) is 13.8 Å². The number of carboxylic acid groups (broad SMARTS) is 2. The summed E-state index contributed by atoms with van der Waals surface area (Å²) in [6.45, 7) is 7.04. The lowest BCUT2D eigenvalue weighted by Gasteiger charge is -2.28. The van der Waals surface area contributed by atoms with E-state index < -0.39 is 146 Å². The molecular weight excluding hydrogens is 977 g/mol. The molecule has 8 atom stereocenters. The first-order valence-corrected chi connectivity index (χ1v) is 23.9. The van der Waals surface area contributed by atoms with Crippen LogP contribution >= 0.6 is 12.6 Å². The average Bonchev–Trinajstić information content (AvgIpc) is 3.30. The van der Waals surface area contributed by atoms with E-state index in [4.69, 9.17) is 17.2 Å². The number of thiol groups is 1. The first kappa shape index (κ1) is 61.6. The Balaban J connectivity index is 2.47. The number of benzene rings is 2. The smallest absolute Gasteiger partial charge is 0.327 e. The zero-order valence-electron chi connectivity index (χ0n) is 40.9. The topological polar surface area (TPSA) is 431 Å². The van der Waals surface area contributed by atoms with Crippen molar-refractivity contribution in [2.75, 3.05) is 5.75 Å². The maximum absolute atomic E-state index is 14.1. The van der Waals surface area contributed by atoms with Crippen LogP contribution in [-0.2, 0) is 65.6 Å². The van der Waals surface area contributed by atoms with Gasteiger partial charge in [-0.15, -0.1) is 0 Å². The van der Waals surface area contributed by atoms with Gasteiger partial charge in [-0.1, -0.05) is 52.0 Å². The lowest BCUT2D eigenvalue weighted by Crippen LogP contribution is -2.61. The molecule has 0 aliphatic rings. The van der Waals surface area contributed by atoms with E-state index in [1.54, 1.807) is 13.8 Å². The van der Waals surface area contributed by atoms with Gasteiger partial charge in [0, 0.05) is 31.4 Å². The molecule has 0 saturated heterocycles. The van der Waals surface area contributed by atoms with Crippen LogP contribution in [0, 0.1) is 11.8 Å². The van der Waals surface area contributed by atoms with E-state index in [1.165, 1.54) is 48.5 Å². The number of nitrogens with one attached hydrogen (secondary N) is 7. The molecule has 0 aliphatic heterocycles. The maximum atomic E-state index is 14.1. The summed E-state index contributed by atoms with van der Waals surface area (Å²) >= 11 is 3.94. The molecular formula is C47H68N10O15S. The number of amides is 9. The van der Waals surface area contributed by atoms with Gasteiger partial charge in [0.05, 0.1) is 12.5 Å². The molecule has 2 rings (SSSR count). The normalized spacial score (nSPS) is 14.4. The lowest BCUT2D eigenvalue weighted by atomic mass is 10.00. The predicted molar refractivity (Wildman–Crippen MR) is 265 cm³/mol. The van der Waals surface area contributed by atoms with Crippen LogP contribution in [-0.4, -0.2) is 140 Å². The molecule has 0 radical (unpaired) electrons. The first-order chi connectivity index (χ1) is 34.2. The molecule has 0 unspecified atom stereocenters. The number of phenolic OH excluding ortho intramolecular Hbond substituents is 2. The molecule has 25 nitrogen and oxygen atoms in total. The molecule has 402 valence electrons. The molecule has 0 saturated carbocycles. The standard InChI is InChI=1S/C47H68N10O15S/c1-23(2)17-29(48)40(64)53-33(19-25-5-9-27(58)10-6-25)44(68)51-30(13-15-37(49)60)41(65)54-32(18-24(3)4)43(67)52-31(14-16-39(62)63)42(66)56-35(21-38(50)61)46(70)55-34(20-26-7-11-28(59)12-8-26)45(69)57-36(22-73)47(71)72/h5-12,23-24,29-36,58-59,73H,13-22,48H2,1-4H3,(H2,49,60)(H2,50,61)(H,51,68)(H,52,67)(H,53,64)(H,54,65)(H,55,70)(H,56,66)(H,57,69)(H,62,63)(H,71,72)/t29-,30-,31-,32-,33-,34-,35-,36-/m0/s1. The molecule has 0 heterocycles. The maximum Gasteiger partial charge on any atom is 0.327 e. The minimum absolute atomic E-state index is 0.0133. The van der Waals surface area contributed by atoms with Crippen LogP contribution in [0.5, 0.6) is 11.5 Å². The van der Waals surface area contributed by atoms with Gasteiger partial charge in [0.2, 0.25) is 53.2 Å². The molecule has 26 heteroatoms. The molecule has 0 aliphatic carbocycles. The van der Waals surface area contributed by atoms with Crippen LogP contribution in [0.1, 0.15) is 83.8 Å². The Kier molecular flexibility index (Phi) is 25.7. The Hall–Kier alpha value is -7.48. The number of phenols is 2. The zero-order valence-corrected chi connectivity index (χ0v) is 41.8. The summed E-state index contributed by atoms with van der Waals surface area (Å²) in [4.78, 5) is 144. The largest absolute Gasteiger partial charge is 0.508 e. The van der Waals surface area contributed by atoms with Crippen molar-refractivity contribution in [3.8, 4) is 11.5 Å². The van der Waals surface area contributed by atoms with E-state index in [0.29, 0.717) is 11.1 Å². The van der Waals surface area contributed by atoms with Gasteiger partial charge in [0.25, 0.3) is 0 Å². The Morgan fingerprint density at radius 1 is 0.479 bits per heavy atom. The van der Waals surface area contributed by atoms with Crippen LogP contribution < -0.4 is 54.4 Å². The van der Waals surface area contributed by atoms with Gasteiger partial charge in [-0.2, -0.15) is 12.6 Å². The second kappa shape index (κ2) is 30.4. The fourth-order valence-corrected chi connectivity index (χ4v) is 7.32. The van der Waals surface area contributed by atoms with E-state index >= 15 is 0 Å². The van der Waals surface area contributed by atoms with Crippen molar-refractivity contribution in [3.05, 3.63) is 59.7 Å².